The van der Waals surface area contributed by atoms with Crippen LogP contribution >= 0.6 is 0 Å². The van der Waals surface area contributed by atoms with Crippen LogP contribution in [0.5, 0.6) is 0 Å². The van der Waals surface area contributed by atoms with Gasteiger partial charge in [0.1, 0.15) is 10.1 Å². The third-order valence-electron chi connectivity index (χ3n) is 12.0. The molecule has 0 N–H and O–H groups in total. The fraction of sp³-hybridized carbons (Fsp3) is 0.778. The zero-order chi connectivity index (χ0) is 45.0. The van der Waals surface area contributed by atoms with Crippen LogP contribution in [0.3, 0.4) is 0 Å². The molecule has 0 amide bonds. The molecule has 0 heterocycles. The van der Waals surface area contributed by atoms with E-state index in [1.165, 1.54) is 173 Å². The zero-order valence-electron chi connectivity index (χ0n) is 41.1. The molecule has 0 aromatic heterocycles. The molecule has 0 aliphatic rings. The van der Waals surface area contributed by atoms with Crippen LogP contribution in [-0.4, -0.2) is 38.1 Å². The van der Waals surface area contributed by atoms with Crippen molar-refractivity contribution in [2.75, 3.05) is 13.2 Å². The Morgan fingerprint density at radius 2 is 0.698 bits per heavy atom. The molecule has 0 fully saturated rings. The summed E-state index contributed by atoms with van der Waals surface area (Å²) in [6.07, 6.45) is 56.7. The SMILES string of the molecule is CCCCCCCCCCCCCCC/C=C/CCCCCCOC(=O)c1ccc(S(=O)(=O)[O-])cc1C(=O)OCCCCCC/C=C/CCCCCCCCCCCCCCC.[K+]. The normalized spacial score (nSPS) is 11.7. The second-order valence-electron chi connectivity index (χ2n) is 17.8. The predicted molar refractivity (Wildman–Crippen MR) is 260 cm³/mol. The van der Waals surface area contributed by atoms with E-state index in [9.17, 15) is 22.6 Å². The monoisotopic (exact) mass is 925 g/mol. The van der Waals surface area contributed by atoms with Crippen molar-refractivity contribution in [1.82, 2.24) is 0 Å². The van der Waals surface area contributed by atoms with Crippen LogP contribution in [0, 0.1) is 0 Å². The Labute approximate surface area is 431 Å². The minimum Gasteiger partial charge on any atom is -0.744 e. The van der Waals surface area contributed by atoms with Gasteiger partial charge in [-0.25, -0.2) is 18.0 Å². The number of hydrogen-bond acceptors (Lipinski definition) is 7. The van der Waals surface area contributed by atoms with E-state index in [0.29, 0.717) is 12.8 Å². The second kappa shape index (κ2) is 46.3. The van der Waals surface area contributed by atoms with Gasteiger partial charge in [-0.15, -0.1) is 0 Å². The molecule has 1 aromatic rings. The second-order valence-corrected chi connectivity index (χ2v) is 19.2. The van der Waals surface area contributed by atoms with Crippen molar-refractivity contribution in [1.29, 1.82) is 0 Å². The topological polar surface area (TPSA) is 110 Å². The molecule has 0 saturated carbocycles. The number of esters is 2. The number of hydrogen-bond donors (Lipinski definition) is 0. The van der Waals surface area contributed by atoms with Gasteiger partial charge in [-0.1, -0.05) is 218 Å². The third kappa shape index (κ3) is 38.9. The van der Waals surface area contributed by atoms with Crippen LogP contribution < -0.4 is 51.4 Å². The van der Waals surface area contributed by atoms with E-state index in [0.717, 1.165) is 76.3 Å². The minimum absolute atomic E-state index is 0. The van der Waals surface area contributed by atoms with Gasteiger partial charge < -0.3 is 14.0 Å². The maximum absolute atomic E-state index is 13.0. The summed E-state index contributed by atoms with van der Waals surface area (Å²) in [6, 6.07) is 3.13. The summed E-state index contributed by atoms with van der Waals surface area (Å²) in [5, 5.41) is 0. The van der Waals surface area contributed by atoms with Gasteiger partial charge in [-0.05, 0) is 82.4 Å². The van der Waals surface area contributed by atoms with E-state index in [4.69, 9.17) is 9.47 Å². The summed E-state index contributed by atoms with van der Waals surface area (Å²) in [7, 11) is -4.83. The van der Waals surface area contributed by atoms with Crippen molar-refractivity contribution >= 4 is 22.1 Å². The van der Waals surface area contributed by atoms with E-state index in [1.807, 2.05) is 0 Å². The maximum Gasteiger partial charge on any atom is 1.00 e. The van der Waals surface area contributed by atoms with Crippen LogP contribution in [0.2, 0.25) is 0 Å². The van der Waals surface area contributed by atoms with Gasteiger partial charge >= 0.3 is 63.3 Å². The predicted octanol–water partition coefficient (Wildman–Crippen LogP) is 13.9. The molecule has 0 bridgehead atoms. The third-order valence-corrected chi connectivity index (χ3v) is 12.8. The molecule has 358 valence electrons. The zero-order valence-corrected chi connectivity index (χ0v) is 45.0. The van der Waals surface area contributed by atoms with E-state index < -0.39 is 27.0 Å². The molecule has 7 nitrogen and oxygen atoms in total. The summed E-state index contributed by atoms with van der Waals surface area (Å²) in [5.41, 5.74) is -0.354. The number of rotatable bonds is 45. The Bertz CT molecular complexity index is 1380. The van der Waals surface area contributed by atoms with Crippen LogP contribution in [0.15, 0.2) is 47.4 Å². The number of allylic oxidation sites excluding steroid dienone is 4. The largest absolute Gasteiger partial charge is 1.00 e. The smallest absolute Gasteiger partial charge is 0.744 e. The van der Waals surface area contributed by atoms with Crippen LogP contribution in [0.1, 0.15) is 279 Å². The number of ether oxygens (including phenoxy) is 2. The number of carbonyl (C=O) groups excluding carboxylic acids is 2. The quantitative estimate of drug-likeness (QED) is 0.0211. The van der Waals surface area contributed by atoms with Crippen molar-refractivity contribution in [3.63, 3.8) is 0 Å². The van der Waals surface area contributed by atoms with Crippen molar-refractivity contribution in [3.05, 3.63) is 53.6 Å². The Hall–Kier alpha value is -0.814. The van der Waals surface area contributed by atoms with E-state index >= 15 is 0 Å². The minimum atomic E-state index is -4.83. The Kier molecular flexibility index (Phi) is 45.7. The van der Waals surface area contributed by atoms with Gasteiger partial charge in [-0.3, -0.25) is 0 Å². The molecule has 0 atom stereocenters. The summed E-state index contributed by atoms with van der Waals surface area (Å²) >= 11 is 0. The molecule has 9 heteroatoms. The van der Waals surface area contributed by atoms with Crippen molar-refractivity contribution in [2.45, 2.75) is 263 Å². The molecule has 1 aromatic carbocycles. The van der Waals surface area contributed by atoms with E-state index in [1.54, 1.807) is 0 Å². The standard InChI is InChI=1S/C54H94O7S.K/c1-3-5-7-9-11-13-15-17-19-21-23-25-27-29-31-33-35-37-39-41-43-47-60-53(55)51-46-45-50(62(57,58)59)49-52(51)54(56)61-48-44-42-40-38-36-34-32-30-28-26-24-22-20-18-16-14-12-10-8-6-4-2;/h31-34,45-46,49H,3-30,35-44,47-48H2,1-2H3,(H,57,58,59);/q;+1/p-1/b33-31+,34-32+;. The number of unbranched alkanes of at least 4 members (excludes halogenated alkanes) is 34. The van der Waals surface area contributed by atoms with E-state index in [2.05, 4.69) is 38.2 Å². The molecule has 0 unspecified atom stereocenters. The molecule has 0 spiro atoms. The summed E-state index contributed by atoms with van der Waals surface area (Å²) < 4.78 is 46.0. The number of benzene rings is 1. The van der Waals surface area contributed by atoms with Crippen LogP contribution in [0.4, 0.5) is 0 Å². The first-order valence-corrected chi connectivity index (χ1v) is 27.5. The van der Waals surface area contributed by atoms with Crippen molar-refractivity contribution in [3.8, 4) is 0 Å². The average molecular weight is 925 g/mol. The molecule has 1 rings (SSSR count). The van der Waals surface area contributed by atoms with Crippen molar-refractivity contribution < 1.29 is 83.4 Å². The first-order chi connectivity index (χ1) is 30.3. The average Bonchev–Trinajstić information content (AvgIpc) is 3.26. The fourth-order valence-corrected chi connectivity index (χ4v) is 8.47. The Balaban J connectivity index is 0.0000384. The van der Waals surface area contributed by atoms with Crippen LogP contribution in [0.25, 0.3) is 0 Å². The van der Waals surface area contributed by atoms with Gasteiger partial charge in [0.05, 0.1) is 29.2 Å². The maximum atomic E-state index is 13.0. The Morgan fingerprint density at radius 1 is 0.429 bits per heavy atom. The van der Waals surface area contributed by atoms with Gasteiger partial charge in [0.15, 0.2) is 0 Å². The number of carbonyl (C=O) groups is 2. The van der Waals surface area contributed by atoms with Gasteiger partial charge in [0.2, 0.25) is 0 Å². The summed E-state index contributed by atoms with van der Waals surface area (Å²) in [5.74, 6) is -1.56. The molecule has 0 radical (unpaired) electrons. The molecular weight excluding hydrogens is 832 g/mol. The first kappa shape index (κ1) is 62.2. The molecule has 63 heavy (non-hydrogen) atoms. The van der Waals surface area contributed by atoms with Gasteiger partial charge in [0, 0.05) is 0 Å². The van der Waals surface area contributed by atoms with E-state index in [-0.39, 0.29) is 75.7 Å². The van der Waals surface area contributed by atoms with Gasteiger partial charge in [0.25, 0.3) is 0 Å². The summed E-state index contributed by atoms with van der Waals surface area (Å²) in [6.45, 7) is 4.88. The fourth-order valence-electron chi connectivity index (χ4n) is 7.98. The Morgan fingerprint density at radius 3 is 1.00 bits per heavy atom. The first-order valence-electron chi connectivity index (χ1n) is 26.0. The molecule has 0 saturated heterocycles. The molecule has 0 aliphatic heterocycles. The molecule has 0 aliphatic carbocycles. The van der Waals surface area contributed by atoms with Gasteiger partial charge in [-0.2, -0.15) is 0 Å². The molecular formula is C54H93KO7S. The van der Waals surface area contributed by atoms with Crippen molar-refractivity contribution in [2.24, 2.45) is 0 Å². The summed E-state index contributed by atoms with van der Waals surface area (Å²) in [4.78, 5) is 25.3. The van der Waals surface area contributed by atoms with Crippen LogP contribution in [-0.2, 0) is 19.6 Å².